The van der Waals surface area contributed by atoms with E-state index in [0.717, 1.165) is 17.4 Å². The van der Waals surface area contributed by atoms with Crippen molar-refractivity contribution in [2.45, 2.75) is 19.1 Å². The maximum atomic E-state index is 14.8. The number of furan rings is 1. The number of hydrogen-bond donors (Lipinski definition) is 2. The predicted octanol–water partition coefficient (Wildman–Crippen LogP) is 2.32. The molecule has 0 saturated carbocycles. The van der Waals surface area contributed by atoms with Crippen molar-refractivity contribution in [2.75, 3.05) is 49.9 Å². The molecule has 1 amide bonds. The van der Waals surface area contributed by atoms with Crippen LogP contribution >= 0.6 is 11.3 Å². The molecule has 2 fully saturated rings. The number of hydrogen-bond acceptors (Lipinski definition) is 10. The van der Waals surface area contributed by atoms with E-state index in [0.29, 0.717) is 79.6 Å². The van der Waals surface area contributed by atoms with E-state index < -0.39 is 17.7 Å². The van der Waals surface area contributed by atoms with Crippen LogP contribution in [0, 0.1) is 11.6 Å². The molecule has 2 aliphatic rings. The third-order valence-electron chi connectivity index (χ3n) is 7.64. The zero-order valence-electron chi connectivity index (χ0n) is 22.3. The molecule has 12 nitrogen and oxygen atoms in total. The summed E-state index contributed by atoms with van der Waals surface area (Å²) in [5.41, 5.74) is 8.20. The molecule has 15 heteroatoms. The number of aromatic nitrogens is 4. The van der Waals surface area contributed by atoms with Crippen molar-refractivity contribution in [1.82, 2.24) is 29.4 Å². The molecule has 0 bridgehead atoms. The van der Waals surface area contributed by atoms with Crippen molar-refractivity contribution >= 4 is 44.7 Å². The van der Waals surface area contributed by atoms with Crippen LogP contribution in [-0.2, 0) is 11.3 Å². The Morgan fingerprint density at radius 2 is 1.95 bits per heavy atom. The summed E-state index contributed by atoms with van der Waals surface area (Å²) >= 11 is 1.09. The quantitative estimate of drug-likeness (QED) is 0.290. The maximum absolute atomic E-state index is 14.8. The molecule has 218 valence electrons. The summed E-state index contributed by atoms with van der Waals surface area (Å²) in [6.07, 6.45) is 1.19. The highest BCUT2D eigenvalue weighted by atomic mass is 32.1. The van der Waals surface area contributed by atoms with Gasteiger partial charge >= 0.3 is 4.87 Å². The van der Waals surface area contributed by atoms with Crippen LogP contribution < -0.4 is 25.6 Å². The van der Waals surface area contributed by atoms with E-state index in [9.17, 15) is 18.4 Å². The zero-order valence-corrected chi connectivity index (χ0v) is 23.1. The minimum Gasteiger partial charge on any atom is -0.477 e. The number of ether oxygens (including phenoxy) is 1. The lowest BCUT2D eigenvalue weighted by molar-refractivity contribution is -0.125. The van der Waals surface area contributed by atoms with Crippen LogP contribution in [0.2, 0.25) is 0 Å². The van der Waals surface area contributed by atoms with Gasteiger partial charge in [-0.05, 0) is 18.2 Å². The van der Waals surface area contributed by atoms with Gasteiger partial charge in [0.15, 0.2) is 29.1 Å². The van der Waals surface area contributed by atoms with Gasteiger partial charge in [-0.1, -0.05) is 11.3 Å². The maximum Gasteiger partial charge on any atom is 0.309 e. The van der Waals surface area contributed by atoms with E-state index in [-0.39, 0.29) is 28.2 Å². The Hall–Kier alpha value is -4.50. The molecule has 4 aromatic heterocycles. The minimum absolute atomic E-state index is 0.144. The van der Waals surface area contributed by atoms with Crippen molar-refractivity contribution in [2.24, 2.45) is 0 Å². The van der Waals surface area contributed by atoms with Gasteiger partial charge in [0, 0.05) is 64.4 Å². The standard InChI is InChI=1S/C27H26F2N8O4S/c28-15-12-16(29)22(41-21-3-4-31-25(21)38)14-18(15)35-8-5-34(6-9-35)7-10-36-24-23(42-27(36)39)19-13-17(20-2-1-11-40-20)33-37(19)26(30)32-24/h1-2,11-14,21H,3-10H2,(H2,30,32)(H,31,38)/t21-/m0/s1. The van der Waals surface area contributed by atoms with Gasteiger partial charge in [-0.15, -0.1) is 0 Å². The first kappa shape index (κ1) is 26.4. The van der Waals surface area contributed by atoms with Gasteiger partial charge in [-0.3, -0.25) is 19.1 Å². The Balaban J connectivity index is 1.05. The summed E-state index contributed by atoms with van der Waals surface area (Å²) in [5.74, 6) is -1.24. The molecule has 1 aromatic carbocycles. The molecule has 0 radical (unpaired) electrons. The second-order valence-electron chi connectivity index (χ2n) is 10.2. The number of nitrogen functional groups attached to an aromatic ring is 1. The summed E-state index contributed by atoms with van der Waals surface area (Å²) in [6, 6.07) is 7.51. The van der Waals surface area contributed by atoms with Crippen molar-refractivity contribution < 1.29 is 22.7 Å². The predicted molar refractivity (Wildman–Crippen MR) is 152 cm³/mol. The fourth-order valence-electron chi connectivity index (χ4n) is 5.43. The van der Waals surface area contributed by atoms with E-state index >= 15 is 0 Å². The Kier molecular flexibility index (Phi) is 6.54. The number of nitrogens with two attached hydrogens (primary N) is 1. The Morgan fingerprint density at radius 3 is 2.69 bits per heavy atom. The van der Waals surface area contributed by atoms with Crippen molar-refractivity contribution in [3.8, 4) is 17.2 Å². The number of carbonyl (C=O) groups excluding carboxylic acids is 1. The minimum atomic E-state index is -0.845. The van der Waals surface area contributed by atoms with Crippen LogP contribution in [0.15, 0.2) is 45.8 Å². The second kappa shape index (κ2) is 10.4. The number of benzene rings is 1. The molecule has 3 N–H and O–H groups in total. The van der Waals surface area contributed by atoms with Crippen LogP contribution in [0.3, 0.4) is 0 Å². The Morgan fingerprint density at radius 1 is 1.12 bits per heavy atom. The summed E-state index contributed by atoms with van der Waals surface area (Å²) in [6.45, 7) is 3.60. The molecular weight excluding hydrogens is 570 g/mol. The second-order valence-corrected chi connectivity index (χ2v) is 11.2. The molecule has 2 saturated heterocycles. The van der Waals surface area contributed by atoms with Gasteiger partial charge in [0.25, 0.3) is 5.91 Å². The van der Waals surface area contributed by atoms with Crippen LogP contribution in [0.4, 0.5) is 20.4 Å². The van der Waals surface area contributed by atoms with Gasteiger partial charge in [0.1, 0.15) is 16.2 Å². The van der Waals surface area contributed by atoms with Gasteiger partial charge in [-0.2, -0.15) is 14.6 Å². The number of thiazole rings is 1. The van der Waals surface area contributed by atoms with Crippen LogP contribution in [0.25, 0.3) is 27.3 Å². The zero-order chi connectivity index (χ0) is 29.0. The highest BCUT2D eigenvalue weighted by molar-refractivity contribution is 7.17. The van der Waals surface area contributed by atoms with E-state index in [1.165, 1.54) is 10.6 Å². The highest BCUT2D eigenvalue weighted by Crippen LogP contribution is 2.31. The molecule has 7 rings (SSSR count). The molecule has 2 aliphatic heterocycles. The number of rotatable bonds is 7. The summed E-state index contributed by atoms with van der Waals surface area (Å²) < 4.78 is 44.0. The number of piperazine rings is 1. The molecule has 1 atom stereocenters. The third kappa shape index (κ3) is 4.63. The Labute approximate surface area is 240 Å². The molecule has 0 spiro atoms. The van der Waals surface area contributed by atoms with Gasteiger partial charge in [0.05, 0.1) is 17.5 Å². The van der Waals surface area contributed by atoms with E-state index in [2.05, 4.69) is 20.3 Å². The number of amides is 1. The fourth-order valence-corrected chi connectivity index (χ4v) is 6.39. The smallest absolute Gasteiger partial charge is 0.309 e. The number of nitrogens with one attached hydrogen (secondary N) is 1. The molecular formula is C27H26F2N8O4S. The topological polar surface area (TPSA) is 136 Å². The highest BCUT2D eigenvalue weighted by Gasteiger charge is 2.28. The molecule has 6 heterocycles. The molecule has 42 heavy (non-hydrogen) atoms. The first-order valence-electron chi connectivity index (χ1n) is 13.5. The van der Waals surface area contributed by atoms with Gasteiger partial charge < -0.3 is 25.1 Å². The first-order chi connectivity index (χ1) is 20.4. The lowest BCUT2D eigenvalue weighted by Crippen LogP contribution is -2.47. The van der Waals surface area contributed by atoms with Crippen LogP contribution in [0.1, 0.15) is 6.42 Å². The summed E-state index contributed by atoms with van der Waals surface area (Å²) in [4.78, 5) is 33.2. The van der Waals surface area contributed by atoms with Crippen molar-refractivity contribution in [3.63, 3.8) is 0 Å². The normalized spacial score (nSPS) is 17.9. The number of carbonyl (C=O) groups is 1. The largest absolute Gasteiger partial charge is 0.477 e. The SMILES string of the molecule is Nc1nc2c(sc(=O)n2CCN2CCN(c3cc(O[C@H]4CCNC4=O)c(F)cc3F)CC2)c2cc(-c3ccco3)nn12. The monoisotopic (exact) mass is 596 g/mol. The van der Waals surface area contributed by atoms with Gasteiger partial charge in [-0.25, -0.2) is 8.78 Å². The van der Waals surface area contributed by atoms with Crippen molar-refractivity contribution in [3.05, 3.63) is 57.9 Å². The summed E-state index contributed by atoms with van der Waals surface area (Å²) in [5, 5.41) is 7.13. The van der Waals surface area contributed by atoms with Gasteiger partial charge in [0.2, 0.25) is 5.95 Å². The number of halogens is 2. The van der Waals surface area contributed by atoms with Crippen molar-refractivity contribution in [1.29, 1.82) is 0 Å². The molecule has 0 unspecified atom stereocenters. The van der Waals surface area contributed by atoms with E-state index in [1.54, 1.807) is 23.0 Å². The molecule has 0 aliphatic carbocycles. The van der Waals surface area contributed by atoms with E-state index in [1.807, 2.05) is 11.0 Å². The molecule has 5 aromatic rings. The Bertz CT molecular complexity index is 1860. The van der Waals surface area contributed by atoms with Crippen LogP contribution in [0.5, 0.6) is 5.75 Å². The fraction of sp³-hybridized carbons (Fsp3) is 0.333. The average Bonchev–Trinajstić information content (AvgIpc) is 3.77. The number of fused-ring (bicyclic) bond motifs is 3. The average molecular weight is 597 g/mol. The van der Waals surface area contributed by atoms with E-state index in [4.69, 9.17) is 14.9 Å². The third-order valence-corrected chi connectivity index (χ3v) is 8.63. The lowest BCUT2D eigenvalue weighted by atomic mass is 10.2. The van der Waals surface area contributed by atoms with Crippen LogP contribution in [-0.4, -0.2) is 75.3 Å². The summed E-state index contributed by atoms with van der Waals surface area (Å²) in [7, 11) is 0. The number of nitrogens with zero attached hydrogens (tertiary/aromatic N) is 6. The lowest BCUT2D eigenvalue weighted by Gasteiger charge is -2.36. The first-order valence-corrected chi connectivity index (χ1v) is 14.3. The number of anilines is 2.